The van der Waals surface area contributed by atoms with Gasteiger partial charge in [0, 0.05) is 25.5 Å². The van der Waals surface area contributed by atoms with Gasteiger partial charge >= 0.3 is 6.18 Å². The molecule has 0 radical (unpaired) electrons. The van der Waals surface area contributed by atoms with E-state index in [0.717, 1.165) is 12.1 Å². The van der Waals surface area contributed by atoms with Crippen molar-refractivity contribution in [1.29, 1.82) is 0 Å². The van der Waals surface area contributed by atoms with Crippen molar-refractivity contribution < 1.29 is 13.2 Å². The first-order valence-corrected chi connectivity index (χ1v) is 7.65. The molecule has 1 aromatic carbocycles. The Balaban J connectivity index is 0.00000312. The number of benzene rings is 1. The normalized spacial score (nSPS) is 11.8. The zero-order valence-corrected chi connectivity index (χ0v) is 16.1. The Morgan fingerprint density at radius 1 is 1.24 bits per heavy atom. The van der Waals surface area contributed by atoms with Gasteiger partial charge in [0.25, 0.3) is 0 Å². The lowest BCUT2D eigenvalue weighted by Crippen LogP contribution is -2.38. The minimum atomic E-state index is -4.34. The first-order valence-electron chi connectivity index (χ1n) is 7.65. The number of hydrogen-bond donors (Lipinski definition) is 2. The molecule has 0 spiro atoms. The van der Waals surface area contributed by atoms with Crippen LogP contribution in [0.25, 0.3) is 0 Å². The summed E-state index contributed by atoms with van der Waals surface area (Å²) in [5.41, 5.74) is -0.152. The molecular formula is C16H21F3IN5. The minimum absolute atomic E-state index is 0. The van der Waals surface area contributed by atoms with Gasteiger partial charge in [-0.3, -0.25) is 4.68 Å². The van der Waals surface area contributed by atoms with E-state index in [1.807, 2.05) is 19.2 Å². The molecule has 0 unspecified atom stereocenters. The van der Waals surface area contributed by atoms with Gasteiger partial charge in [0.05, 0.1) is 18.7 Å². The molecule has 0 bridgehead atoms. The summed E-state index contributed by atoms with van der Waals surface area (Å²) in [6.07, 6.45) is -0.784. The van der Waals surface area contributed by atoms with E-state index in [1.54, 1.807) is 16.9 Å². The van der Waals surface area contributed by atoms with E-state index in [1.165, 1.54) is 6.07 Å². The lowest BCUT2D eigenvalue weighted by Gasteiger charge is -2.12. The van der Waals surface area contributed by atoms with Crippen molar-refractivity contribution in [2.45, 2.75) is 26.2 Å². The van der Waals surface area contributed by atoms with Gasteiger partial charge in [0.2, 0.25) is 0 Å². The average Bonchev–Trinajstić information content (AvgIpc) is 3.05. The maximum atomic E-state index is 12.7. The number of nitrogens with zero attached hydrogens (tertiary/aromatic N) is 3. The fourth-order valence-corrected chi connectivity index (χ4v) is 2.08. The molecule has 0 fully saturated rings. The number of hydrogen-bond acceptors (Lipinski definition) is 2. The first-order chi connectivity index (χ1) is 11.5. The van der Waals surface area contributed by atoms with Crippen LogP contribution in [-0.4, -0.2) is 28.8 Å². The number of alkyl halides is 3. The van der Waals surface area contributed by atoms with E-state index in [2.05, 4.69) is 20.7 Å². The molecule has 138 valence electrons. The molecule has 0 atom stereocenters. The van der Waals surface area contributed by atoms with Gasteiger partial charge in [-0.1, -0.05) is 12.1 Å². The number of nitrogens with one attached hydrogen (secondary N) is 2. The van der Waals surface area contributed by atoms with Crippen LogP contribution >= 0.6 is 24.0 Å². The third kappa shape index (κ3) is 7.32. The zero-order chi connectivity index (χ0) is 17.4. The second-order valence-corrected chi connectivity index (χ2v) is 5.09. The third-order valence-electron chi connectivity index (χ3n) is 3.21. The topological polar surface area (TPSA) is 54.2 Å². The average molecular weight is 467 g/mol. The molecule has 0 saturated heterocycles. The third-order valence-corrected chi connectivity index (χ3v) is 3.21. The molecule has 0 aliphatic carbocycles. The Morgan fingerprint density at radius 2 is 2.04 bits per heavy atom. The van der Waals surface area contributed by atoms with E-state index in [4.69, 9.17) is 0 Å². The number of aromatic nitrogens is 2. The second-order valence-electron chi connectivity index (χ2n) is 5.09. The number of rotatable bonds is 6. The van der Waals surface area contributed by atoms with Crippen LogP contribution in [-0.2, 0) is 19.3 Å². The van der Waals surface area contributed by atoms with Crippen molar-refractivity contribution in [3.63, 3.8) is 0 Å². The SMILES string of the molecule is CCNC(=NCc1cccc(C(F)(F)F)c1)NCCn1cccn1.I. The summed E-state index contributed by atoms with van der Waals surface area (Å²) in [7, 11) is 0. The van der Waals surface area contributed by atoms with Crippen LogP contribution in [0, 0.1) is 0 Å². The Kier molecular flexibility index (Phi) is 8.73. The zero-order valence-electron chi connectivity index (χ0n) is 13.8. The Morgan fingerprint density at radius 3 is 2.68 bits per heavy atom. The maximum absolute atomic E-state index is 12.7. The van der Waals surface area contributed by atoms with E-state index >= 15 is 0 Å². The summed E-state index contributed by atoms with van der Waals surface area (Å²) in [6, 6.07) is 7.04. The summed E-state index contributed by atoms with van der Waals surface area (Å²) in [5.74, 6) is 0.557. The Hall–Kier alpha value is -1.78. The van der Waals surface area contributed by atoms with Gasteiger partial charge in [0.15, 0.2) is 5.96 Å². The minimum Gasteiger partial charge on any atom is -0.357 e. The van der Waals surface area contributed by atoms with Gasteiger partial charge < -0.3 is 10.6 Å². The molecule has 0 saturated carbocycles. The highest BCUT2D eigenvalue weighted by Crippen LogP contribution is 2.29. The second kappa shape index (κ2) is 10.3. The van der Waals surface area contributed by atoms with Crippen molar-refractivity contribution in [1.82, 2.24) is 20.4 Å². The van der Waals surface area contributed by atoms with Crippen LogP contribution in [0.1, 0.15) is 18.1 Å². The molecule has 1 aromatic heterocycles. The standard InChI is InChI=1S/C16H20F3N5.HI/c1-2-20-15(21-8-10-24-9-4-7-23-24)22-12-13-5-3-6-14(11-13)16(17,18)19;/h3-7,9,11H,2,8,10,12H2,1H3,(H2,20,21,22);1H. The number of halogens is 4. The lowest BCUT2D eigenvalue weighted by atomic mass is 10.1. The molecule has 1 heterocycles. The van der Waals surface area contributed by atoms with Crippen LogP contribution in [0.15, 0.2) is 47.7 Å². The predicted octanol–water partition coefficient (Wildman–Crippen LogP) is 3.28. The Labute approximate surface area is 161 Å². The van der Waals surface area contributed by atoms with Gasteiger partial charge in [-0.15, -0.1) is 24.0 Å². The van der Waals surface area contributed by atoms with Crippen LogP contribution in [0.3, 0.4) is 0 Å². The van der Waals surface area contributed by atoms with Crippen molar-refractivity contribution >= 4 is 29.9 Å². The number of guanidine groups is 1. The molecule has 2 rings (SSSR count). The van der Waals surface area contributed by atoms with Crippen molar-refractivity contribution in [2.24, 2.45) is 4.99 Å². The van der Waals surface area contributed by atoms with E-state index in [-0.39, 0.29) is 30.5 Å². The van der Waals surface area contributed by atoms with Gasteiger partial charge in [-0.25, -0.2) is 4.99 Å². The molecular weight excluding hydrogens is 446 g/mol. The lowest BCUT2D eigenvalue weighted by molar-refractivity contribution is -0.137. The summed E-state index contributed by atoms with van der Waals surface area (Å²) in [4.78, 5) is 4.32. The van der Waals surface area contributed by atoms with Gasteiger partial charge in [0.1, 0.15) is 0 Å². The molecule has 0 aliphatic heterocycles. The summed E-state index contributed by atoms with van der Waals surface area (Å²) in [6.45, 7) is 4.03. The van der Waals surface area contributed by atoms with Gasteiger partial charge in [-0.05, 0) is 30.7 Å². The number of aliphatic imine (C=N–C) groups is 1. The summed E-state index contributed by atoms with van der Waals surface area (Å²) >= 11 is 0. The van der Waals surface area contributed by atoms with Gasteiger partial charge in [-0.2, -0.15) is 18.3 Å². The molecule has 25 heavy (non-hydrogen) atoms. The van der Waals surface area contributed by atoms with Crippen molar-refractivity contribution in [3.05, 3.63) is 53.9 Å². The van der Waals surface area contributed by atoms with Crippen molar-refractivity contribution in [2.75, 3.05) is 13.1 Å². The fourth-order valence-electron chi connectivity index (χ4n) is 2.08. The molecule has 2 aromatic rings. The highest BCUT2D eigenvalue weighted by Gasteiger charge is 2.30. The van der Waals surface area contributed by atoms with Crippen molar-refractivity contribution in [3.8, 4) is 0 Å². The predicted molar refractivity (Wildman–Crippen MR) is 102 cm³/mol. The molecule has 0 amide bonds. The van der Waals surface area contributed by atoms with E-state index in [9.17, 15) is 13.2 Å². The molecule has 9 heteroatoms. The summed E-state index contributed by atoms with van der Waals surface area (Å²) < 4.78 is 39.9. The highest BCUT2D eigenvalue weighted by molar-refractivity contribution is 14.0. The van der Waals surface area contributed by atoms with Crippen LogP contribution < -0.4 is 10.6 Å². The maximum Gasteiger partial charge on any atom is 0.416 e. The molecule has 0 aliphatic rings. The monoisotopic (exact) mass is 467 g/mol. The molecule has 5 nitrogen and oxygen atoms in total. The summed E-state index contributed by atoms with van der Waals surface area (Å²) in [5, 5.41) is 10.3. The quantitative estimate of drug-likeness (QED) is 0.390. The van der Waals surface area contributed by atoms with Crippen LogP contribution in [0.2, 0.25) is 0 Å². The van der Waals surface area contributed by atoms with Crippen LogP contribution in [0.4, 0.5) is 13.2 Å². The van der Waals surface area contributed by atoms with E-state index < -0.39 is 11.7 Å². The van der Waals surface area contributed by atoms with Crippen LogP contribution in [0.5, 0.6) is 0 Å². The fraction of sp³-hybridized carbons (Fsp3) is 0.375. The smallest absolute Gasteiger partial charge is 0.357 e. The highest BCUT2D eigenvalue weighted by atomic mass is 127. The van der Waals surface area contributed by atoms with E-state index in [0.29, 0.717) is 31.2 Å². The first kappa shape index (κ1) is 21.3. The molecule has 2 N–H and O–H groups in total. The largest absolute Gasteiger partial charge is 0.416 e. The Bertz CT molecular complexity index is 656.